The summed E-state index contributed by atoms with van der Waals surface area (Å²) in [5.74, 6) is -0.118. The molecular weight excluding hydrogens is 334 g/mol. The molecule has 0 radical (unpaired) electrons. The lowest BCUT2D eigenvalue weighted by atomic mass is 9.84. The highest BCUT2D eigenvalue weighted by Gasteiger charge is 2.23. The van der Waals surface area contributed by atoms with Gasteiger partial charge in [-0.3, -0.25) is 4.79 Å². The standard InChI is InChI=1S/C20H23NO5/c1-20(2,15-8-9-16(25-3)17(11-15)26-4)12-21-18(22)13-6-5-7-14(10-13)19(23)24/h5-11H,12H2,1-4H3,(H,21,22)(H,23,24). The van der Waals surface area contributed by atoms with Crippen molar-refractivity contribution in [3.63, 3.8) is 0 Å². The van der Waals surface area contributed by atoms with Gasteiger partial charge < -0.3 is 19.9 Å². The molecule has 6 nitrogen and oxygen atoms in total. The number of ether oxygens (including phenoxy) is 2. The van der Waals surface area contributed by atoms with Crippen LogP contribution in [0.15, 0.2) is 42.5 Å². The average Bonchev–Trinajstić information content (AvgIpc) is 2.65. The van der Waals surface area contributed by atoms with Gasteiger partial charge in [-0.1, -0.05) is 26.0 Å². The maximum Gasteiger partial charge on any atom is 0.335 e. The SMILES string of the molecule is COc1ccc(C(C)(C)CNC(=O)c2cccc(C(=O)O)c2)cc1OC. The van der Waals surface area contributed by atoms with Gasteiger partial charge in [-0.2, -0.15) is 0 Å². The second-order valence-electron chi connectivity index (χ2n) is 6.52. The van der Waals surface area contributed by atoms with Crippen LogP contribution in [0.1, 0.15) is 40.1 Å². The van der Waals surface area contributed by atoms with Gasteiger partial charge in [-0.25, -0.2) is 4.79 Å². The van der Waals surface area contributed by atoms with Crippen molar-refractivity contribution < 1.29 is 24.2 Å². The number of rotatable bonds is 7. The number of aromatic carboxylic acids is 1. The quantitative estimate of drug-likeness (QED) is 0.795. The Morgan fingerprint density at radius 2 is 1.65 bits per heavy atom. The molecule has 2 aromatic carbocycles. The zero-order chi connectivity index (χ0) is 19.3. The van der Waals surface area contributed by atoms with Gasteiger partial charge in [0, 0.05) is 17.5 Å². The molecule has 0 atom stereocenters. The van der Waals surface area contributed by atoms with Gasteiger partial charge in [0.15, 0.2) is 11.5 Å². The van der Waals surface area contributed by atoms with Crippen LogP contribution in [0, 0.1) is 0 Å². The second-order valence-corrected chi connectivity index (χ2v) is 6.52. The van der Waals surface area contributed by atoms with E-state index in [9.17, 15) is 9.59 Å². The van der Waals surface area contributed by atoms with Crippen LogP contribution >= 0.6 is 0 Å². The van der Waals surface area contributed by atoms with Crippen molar-refractivity contribution in [1.29, 1.82) is 0 Å². The lowest BCUT2D eigenvalue weighted by molar-refractivity contribution is 0.0697. The number of nitrogens with one attached hydrogen (secondary N) is 1. The molecular formula is C20H23NO5. The number of amides is 1. The number of methoxy groups -OCH3 is 2. The molecule has 0 aliphatic rings. The maximum atomic E-state index is 12.4. The summed E-state index contributed by atoms with van der Waals surface area (Å²) in [7, 11) is 3.15. The highest BCUT2D eigenvalue weighted by atomic mass is 16.5. The summed E-state index contributed by atoms with van der Waals surface area (Å²) in [4.78, 5) is 23.4. The van der Waals surface area contributed by atoms with E-state index >= 15 is 0 Å². The summed E-state index contributed by atoms with van der Waals surface area (Å²) in [6.07, 6.45) is 0. The van der Waals surface area contributed by atoms with Crippen LogP contribution in [0.25, 0.3) is 0 Å². The molecule has 2 aromatic rings. The molecule has 0 spiro atoms. The number of carboxylic acids is 1. The first-order valence-electron chi connectivity index (χ1n) is 8.12. The van der Waals surface area contributed by atoms with Crippen LogP contribution in [0.5, 0.6) is 11.5 Å². The molecule has 0 unspecified atom stereocenters. The van der Waals surface area contributed by atoms with Crippen molar-refractivity contribution >= 4 is 11.9 Å². The van der Waals surface area contributed by atoms with Gasteiger partial charge in [0.2, 0.25) is 0 Å². The minimum atomic E-state index is -1.06. The van der Waals surface area contributed by atoms with Gasteiger partial charge in [-0.15, -0.1) is 0 Å². The zero-order valence-electron chi connectivity index (χ0n) is 15.3. The molecule has 0 saturated heterocycles. The Balaban J connectivity index is 2.13. The van der Waals surface area contributed by atoms with Gasteiger partial charge in [0.1, 0.15) is 0 Å². The predicted octanol–water partition coefficient (Wildman–Crippen LogP) is 3.11. The van der Waals surface area contributed by atoms with Gasteiger partial charge in [0.05, 0.1) is 19.8 Å². The summed E-state index contributed by atoms with van der Waals surface area (Å²) >= 11 is 0. The van der Waals surface area contributed by atoms with Crippen LogP contribution in [0.4, 0.5) is 0 Å². The van der Waals surface area contributed by atoms with Crippen molar-refractivity contribution in [2.75, 3.05) is 20.8 Å². The minimum absolute atomic E-state index is 0.0804. The predicted molar refractivity (Wildman–Crippen MR) is 98.3 cm³/mol. The lowest BCUT2D eigenvalue weighted by Crippen LogP contribution is -2.36. The van der Waals surface area contributed by atoms with Crippen LogP contribution in [0.3, 0.4) is 0 Å². The number of carbonyl (C=O) groups is 2. The number of benzene rings is 2. The normalized spacial score (nSPS) is 10.9. The monoisotopic (exact) mass is 357 g/mol. The summed E-state index contributed by atoms with van der Waals surface area (Å²) in [5.41, 5.74) is 1.01. The Labute approximate surface area is 152 Å². The van der Waals surface area contributed by atoms with E-state index in [-0.39, 0.29) is 16.9 Å². The van der Waals surface area contributed by atoms with Gasteiger partial charge in [-0.05, 0) is 35.9 Å². The van der Waals surface area contributed by atoms with Crippen LogP contribution in [-0.2, 0) is 5.41 Å². The van der Waals surface area contributed by atoms with Crippen LogP contribution in [0.2, 0.25) is 0 Å². The molecule has 6 heteroatoms. The van der Waals surface area contributed by atoms with E-state index in [1.54, 1.807) is 26.4 Å². The Kier molecular flexibility index (Phi) is 5.87. The smallest absolute Gasteiger partial charge is 0.335 e. The Hall–Kier alpha value is -3.02. The van der Waals surface area contributed by atoms with E-state index in [1.165, 1.54) is 12.1 Å². The van der Waals surface area contributed by atoms with Crippen molar-refractivity contribution in [3.05, 3.63) is 59.2 Å². The lowest BCUT2D eigenvalue weighted by Gasteiger charge is -2.26. The second kappa shape index (κ2) is 7.91. The van der Waals surface area contributed by atoms with E-state index in [0.29, 0.717) is 23.6 Å². The molecule has 0 fully saturated rings. The van der Waals surface area contributed by atoms with E-state index in [1.807, 2.05) is 32.0 Å². The molecule has 1 amide bonds. The topological polar surface area (TPSA) is 84.9 Å². The molecule has 0 aliphatic carbocycles. The first-order chi connectivity index (χ1) is 12.3. The zero-order valence-corrected chi connectivity index (χ0v) is 15.3. The number of carbonyl (C=O) groups excluding carboxylic acids is 1. The van der Waals surface area contributed by atoms with Crippen molar-refractivity contribution in [1.82, 2.24) is 5.32 Å². The maximum absolute atomic E-state index is 12.4. The molecule has 0 aromatic heterocycles. The van der Waals surface area contributed by atoms with Crippen LogP contribution in [-0.4, -0.2) is 37.7 Å². The molecule has 26 heavy (non-hydrogen) atoms. The number of hydrogen-bond donors (Lipinski definition) is 2. The van der Waals surface area contributed by atoms with Crippen LogP contribution < -0.4 is 14.8 Å². The Morgan fingerprint density at radius 1 is 1.00 bits per heavy atom. The Morgan fingerprint density at radius 3 is 2.27 bits per heavy atom. The fourth-order valence-corrected chi connectivity index (χ4v) is 2.56. The first kappa shape index (κ1) is 19.3. The molecule has 0 heterocycles. The summed E-state index contributed by atoms with van der Waals surface area (Å²) in [5, 5.41) is 11.9. The number of carboxylic acid groups (broad SMARTS) is 1. The fraction of sp³-hybridized carbons (Fsp3) is 0.300. The first-order valence-corrected chi connectivity index (χ1v) is 8.12. The van der Waals surface area contributed by atoms with Gasteiger partial charge in [0.25, 0.3) is 5.91 Å². The summed E-state index contributed by atoms with van der Waals surface area (Å²) in [6.45, 7) is 4.38. The van der Waals surface area contributed by atoms with Crippen molar-refractivity contribution in [2.24, 2.45) is 0 Å². The fourth-order valence-electron chi connectivity index (χ4n) is 2.56. The third kappa shape index (κ3) is 4.33. The van der Waals surface area contributed by atoms with Crippen molar-refractivity contribution in [3.8, 4) is 11.5 Å². The van der Waals surface area contributed by atoms with E-state index in [0.717, 1.165) is 5.56 Å². The summed E-state index contributed by atoms with van der Waals surface area (Å²) < 4.78 is 10.6. The summed E-state index contributed by atoms with van der Waals surface area (Å²) in [6, 6.07) is 11.6. The third-order valence-corrected chi connectivity index (χ3v) is 4.23. The third-order valence-electron chi connectivity index (χ3n) is 4.23. The molecule has 138 valence electrons. The van der Waals surface area contributed by atoms with Gasteiger partial charge >= 0.3 is 5.97 Å². The van der Waals surface area contributed by atoms with E-state index in [2.05, 4.69) is 5.32 Å². The largest absolute Gasteiger partial charge is 0.493 e. The number of hydrogen-bond acceptors (Lipinski definition) is 4. The minimum Gasteiger partial charge on any atom is -0.493 e. The molecule has 2 N–H and O–H groups in total. The highest BCUT2D eigenvalue weighted by molar-refractivity contribution is 5.97. The Bertz CT molecular complexity index is 814. The van der Waals surface area contributed by atoms with Crippen molar-refractivity contribution in [2.45, 2.75) is 19.3 Å². The van der Waals surface area contributed by atoms with E-state index in [4.69, 9.17) is 14.6 Å². The molecule has 0 aliphatic heterocycles. The molecule has 0 saturated carbocycles. The average molecular weight is 357 g/mol. The molecule has 2 rings (SSSR count). The highest BCUT2D eigenvalue weighted by Crippen LogP contribution is 2.32. The molecule has 0 bridgehead atoms. The van der Waals surface area contributed by atoms with E-state index < -0.39 is 5.97 Å².